The van der Waals surface area contributed by atoms with Gasteiger partial charge < -0.3 is 5.32 Å². The number of carbonyl (C=O) groups is 1. The highest BCUT2D eigenvalue weighted by molar-refractivity contribution is 7.11. The normalized spacial score (nSPS) is 12.1. The van der Waals surface area contributed by atoms with Crippen molar-refractivity contribution < 1.29 is 9.18 Å². The Morgan fingerprint density at radius 3 is 2.95 bits per heavy atom. The average Bonchev–Trinajstić information content (AvgIpc) is 2.94. The second-order valence-electron chi connectivity index (χ2n) is 4.68. The molecule has 2 aromatic rings. The molecule has 0 bridgehead atoms. The maximum Gasteiger partial charge on any atom is 0.238 e. The number of hydrogen-bond donors (Lipinski definition) is 2. The fraction of sp³-hybridized carbons (Fsp3) is 0.333. The van der Waals surface area contributed by atoms with E-state index in [0.717, 1.165) is 11.4 Å². The van der Waals surface area contributed by atoms with Gasteiger partial charge in [-0.1, -0.05) is 13.0 Å². The van der Waals surface area contributed by atoms with Crippen molar-refractivity contribution in [3.8, 4) is 0 Å². The molecule has 0 aliphatic rings. The third-order valence-corrected chi connectivity index (χ3v) is 4.29. The molecule has 0 spiro atoms. The SMILES string of the molecule is CCc1cnc(C(C)NCC(=O)Nc2cccc(F)c2)s1. The van der Waals surface area contributed by atoms with Crippen LogP contribution in [0.5, 0.6) is 0 Å². The summed E-state index contributed by atoms with van der Waals surface area (Å²) in [5, 5.41) is 6.72. The molecular weight excluding hydrogens is 289 g/mol. The summed E-state index contributed by atoms with van der Waals surface area (Å²) in [4.78, 5) is 17.4. The van der Waals surface area contributed by atoms with Crippen molar-refractivity contribution in [2.75, 3.05) is 11.9 Å². The molecule has 2 rings (SSSR count). The van der Waals surface area contributed by atoms with E-state index in [9.17, 15) is 9.18 Å². The molecule has 0 radical (unpaired) electrons. The number of nitrogens with one attached hydrogen (secondary N) is 2. The number of nitrogens with zero attached hydrogens (tertiary/aromatic N) is 1. The number of aromatic nitrogens is 1. The maximum absolute atomic E-state index is 13.0. The fourth-order valence-electron chi connectivity index (χ4n) is 1.79. The lowest BCUT2D eigenvalue weighted by molar-refractivity contribution is -0.115. The zero-order valence-corrected chi connectivity index (χ0v) is 12.8. The van der Waals surface area contributed by atoms with Crippen LogP contribution < -0.4 is 10.6 Å². The van der Waals surface area contributed by atoms with Gasteiger partial charge in [0.05, 0.1) is 12.6 Å². The first-order valence-electron chi connectivity index (χ1n) is 6.82. The van der Waals surface area contributed by atoms with Crippen molar-refractivity contribution in [3.05, 3.63) is 46.2 Å². The topological polar surface area (TPSA) is 54.0 Å². The molecule has 1 unspecified atom stereocenters. The minimum Gasteiger partial charge on any atom is -0.325 e. The molecule has 2 N–H and O–H groups in total. The Balaban J connectivity index is 1.83. The molecule has 0 aliphatic heterocycles. The molecule has 0 aliphatic carbocycles. The Bertz CT molecular complexity index is 614. The summed E-state index contributed by atoms with van der Waals surface area (Å²) in [5.74, 6) is -0.580. The predicted molar refractivity (Wildman–Crippen MR) is 82.9 cm³/mol. The van der Waals surface area contributed by atoms with E-state index in [-0.39, 0.29) is 24.3 Å². The monoisotopic (exact) mass is 307 g/mol. The summed E-state index contributed by atoms with van der Waals surface area (Å²) < 4.78 is 13.0. The molecule has 0 saturated heterocycles. The Morgan fingerprint density at radius 1 is 1.48 bits per heavy atom. The zero-order valence-electron chi connectivity index (χ0n) is 12.0. The van der Waals surface area contributed by atoms with Gasteiger partial charge in [0.25, 0.3) is 0 Å². The average molecular weight is 307 g/mol. The first kappa shape index (κ1) is 15.6. The van der Waals surface area contributed by atoms with Gasteiger partial charge in [-0.05, 0) is 31.5 Å². The molecule has 1 amide bonds. The second kappa shape index (κ2) is 7.28. The number of benzene rings is 1. The standard InChI is InChI=1S/C15H18FN3OS/c1-3-13-8-18-15(21-13)10(2)17-9-14(20)19-12-6-4-5-11(16)7-12/h4-8,10,17H,3,9H2,1-2H3,(H,19,20). The van der Waals surface area contributed by atoms with Crippen molar-refractivity contribution in [2.45, 2.75) is 26.3 Å². The van der Waals surface area contributed by atoms with Crippen molar-refractivity contribution in [1.82, 2.24) is 10.3 Å². The molecular formula is C15H18FN3OS. The molecule has 1 heterocycles. The number of rotatable bonds is 6. The zero-order chi connectivity index (χ0) is 15.2. The second-order valence-corrected chi connectivity index (χ2v) is 5.83. The van der Waals surface area contributed by atoms with Gasteiger partial charge >= 0.3 is 0 Å². The van der Waals surface area contributed by atoms with Gasteiger partial charge in [0.1, 0.15) is 10.8 Å². The van der Waals surface area contributed by atoms with Crippen molar-refractivity contribution in [2.24, 2.45) is 0 Å². The Labute approximate surface area is 127 Å². The number of anilines is 1. The van der Waals surface area contributed by atoms with Crippen LogP contribution in [0.15, 0.2) is 30.5 Å². The van der Waals surface area contributed by atoms with Gasteiger partial charge in [-0.2, -0.15) is 0 Å². The van der Waals surface area contributed by atoms with E-state index in [1.54, 1.807) is 23.5 Å². The Hall–Kier alpha value is -1.79. The van der Waals surface area contributed by atoms with Crippen LogP contribution in [0.1, 0.15) is 29.8 Å². The maximum atomic E-state index is 13.0. The van der Waals surface area contributed by atoms with E-state index in [4.69, 9.17) is 0 Å². The molecule has 0 fully saturated rings. The van der Waals surface area contributed by atoms with Crippen LogP contribution in [0, 0.1) is 5.82 Å². The van der Waals surface area contributed by atoms with Crippen molar-refractivity contribution in [1.29, 1.82) is 0 Å². The number of thiazole rings is 1. The highest BCUT2D eigenvalue weighted by Gasteiger charge is 2.11. The van der Waals surface area contributed by atoms with E-state index in [1.165, 1.54) is 17.0 Å². The lowest BCUT2D eigenvalue weighted by Gasteiger charge is -2.11. The molecule has 112 valence electrons. The molecule has 0 saturated carbocycles. The van der Waals surface area contributed by atoms with Crippen molar-refractivity contribution >= 4 is 22.9 Å². The van der Waals surface area contributed by atoms with Crippen molar-refractivity contribution in [3.63, 3.8) is 0 Å². The van der Waals surface area contributed by atoms with E-state index in [1.807, 2.05) is 13.1 Å². The van der Waals surface area contributed by atoms with E-state index in [0.29, 0.717) is 5.69 Å². The van der Waals surface area contributed by atoms with Gasteiger partial charge in [0.2, 0.25) is 5.91 Å². The third-order valence-electron chi connectivity index (χ3n) is 2.97. The van der Waals surface area contributed by atoms with Gasteiger partial charge in [-0.15, -0.1) is 11.3 Å². The molecule has 1 aromatic heterocycles. The highest BCUT2D eigenvalue weighted by Crippen LogP contribution is 2.20. The lowest BCUT2D eigenvalue weighted by Crippen LogP contribution is -2.30. The fourth-order valence-corrected chi connectivity index (χ4v) is 2.67. The van der Waals surface area contributed by atoms with Crippen LogP contribution in [0.3, 0.4) is 0 Å². The van der Waals surface area contributed by atoms with Crippen LogP contribution in [0.2, 0.25) is 0 Å². The minimum atomic E-state index is -0.371. The lowest BCUT2D eigenvalue weighted by atomic mass is 10.3. The highest BCUT2D eigenvalue weighted by atomic mass is 32.1. The first-order valence-corrected chi connectivity index (χ1v) is 7.63. The van der Waals surface area contributed by atoms with Crippen LogP contribution in [-0.4, -0.2) is 17.4 Å². The van der Waals surface area contributed by atoms with Crippen LogP contribution in [0.25, 0.3) is 0 Å². The number of hydrogen-bond acceptors (Lipinski definition) is 4. The quantitative estimate of drug-likeness (QED) is 0.862. The Morgan fingerprint density at radius 2 is 2.29 bits per heavy atom. The number of amides is 1. The van der Waals surface area contributed by atoms with Crippen LogP contribution in [0.4, 0.5) is 10.1 Å². The summed E-state index contributed by atoms with van der Waals surface area (Å²) in [6, 6.07) is 5.84. The van der Waals surface area contributed by atoms with Gasteiger partial charge in [-0.3, -0.25) is 10.1 Å². The summed E-state index contributed by atoms with van der Waals surface area (Å²) in [6.45, 7) is 4.20. The minimum absolute atomic E-state index is 0.00793. The van der Waals surface area contributed by atoms with Gasteiger partial charge in [-0.25, -0.2) is 9.37 Å². The van der Waals surface area contributed by atoms with E-state index >= 15 is 0 Å². The summed E-state index contributed by atoms with van der Waals surface area (Å²) in [7, 11) is 0. The Kier molecular flexibility index (Phi) is 5.41. The first-order chi connectivity index (χ1) is 10.1. The van der Waals surface area contributed by atoms with Gasteiger partial charge in [0, 0.05) is 16.8 Å². The predicted octanol–water partition coefficient (Wildman–Crippen LogP) is 3.13. The van der Waals surface area contributed by atoms with Gasteiger partial charge in [0.15, 0.2) is 0 Å². The largest absolute Gasteiger partial charge is 0.325 e. The molecule has 4 nitrogen and oxygen atoms in total. The van der Waals surface area contributed by atoms with Crippen LogP contribution in [-0.2, 0) is 11.2 Å². The molecule has 1 atom stereocenters. The summed E-state index contributed by atoms with van der Waals surface area (Å²) in [6.07, 6.45) is 2.83. The third kappa shape index (κ3) is 4.61. The molecule has 1 aromatic carbocycles. The molecule has 6 heteroatoms. The number of halogens is 1. The van der Waals surface area contributed by atoms with E-state index < -0.39 is 0 Å². The smallest absolute Gasteiger partial charge is 0.238 e. The number of aryl methyl sites for hydroxylation is 1. The van der Waals surface area contributed by atoms with E-state index in [2.05, 4.69) is 22.5 Å². The van der Waals surface area contributed by atoms with Crippen LogP contribution >= 0.6 is 11.3 Å². The summed E-state index contributed by atoms with van der Waals surface area (Å²) >= 11 is 1.64. The summed E-state index contributed by atoms with van der Waals surface area (Å²) in [5.41, 5.74) is 0.456. The molecule has 21 heavy (non-hydrogen) atoms. The number of carbonyl (C=O) groups excluding carboxylic acids is 1.